The lowest BCUT2D eigenvalue weighted by Gasteiger charge is -2.10. The summed E-state index contributed by atoms with van der Waals surface area (Å²) >= 11 is 0. The van der Waals surface area contributed by atoms with Gasteiger partial charge < -0.3 is 14.2 Å². The van der Waals surface area contributed by atoms with Gasteiger partial charge in [-0.3, -0.25) is 0 Å². The summed E-state index contributed by atoms with van der Waals surface area (Å²) in [5, 5.41) is 0. The quantitative estimate of drug-likeness (QED) is 0.561. The highest BCUT2D eigenvalue weighted by Gasteiger charge is 2.04. The van der Waals surface area contributed by atoms with Gasteiger partial charge in [0.05, 0.1) is 20.3 Å². The zero-order valence-corrected chi connectivity index (χ0v) is 11.6. The molecule has 0 saturated carbocycles. The molecule has 1 aromatic carbocycles. The monoisotopic (exact) mass is 264 g/mol. The molecular weight excluding hydrogens is 244 g/mol. The number of rotatable bonds is 7. The molecule has 0 spiro atoms. The number of carbonyl (C=O) groups is 1. The van der Waals surface area contributed by atoms with E-state index in [1.54, 1.807) is 20.1 Å². The fourth-order valence-corrected chi connectivity index (χ4v) is 1.47. The molecule has 0 atom stereocenters. The van der Waals surface area contributed by atoms with E-state index in [1.165, 1.54) is 6.08 Å². The first-order valence-electron chi connectivity index (χ1n) is 6.37. The second-order valence-electron chi connectivity index (χ2n) is 3.84. The smallest absolute Gasteiger partial charge is 0.330 e. The highest BCUT2D eigenvalue weighted by atomic mass is 16.5. The lowest BCUT2D eigenvalue weighted by Crippen LogP contribution is -1.99. The minimum absolute atomic E-state index is 0.354. The van der Waals surface area contributed by atoms with E-state index in [9.17, 15) is 4.79 Å². The number of benzene rings is 1. The summed E-state index contributed by atoms with van der Waals surface area (Å²) in [6.07, 6.45) is 4.02. The van der Waals surface area contributed by atoms with Gasteiger partial charge in [0, 0.05) is 6.08 Å². The third-order valence-corrected chi connectivity index (χ3v) is 2.35. The van der Waals surface area contributed by atoms with Crippen molar-refractivity contribution in [1.82, 2.24) is 0 Å². The molecule has 1 rings (SSSR count). The van der Waals surface area contributed by atoms with Gasteiger partial charge in [0.1, 0.15) is 0 Å². The maximum absolute atomic E-state index is 11.2. The zero-order chi connectivity index (χ0) is 14.1. The average molecular weight is 264 g/mol. The topological polar surface area (TPSA) is 44.8 Å². The molecule has 4 nitrogen and oxygen atoms in total. The van der Waals surface area contributed by atoms with E-state index in [0.717, 1.165) is 12.0 Å². The third kappa shape index (κ3) is 5.04. The van der Waals surface area contributed by atoms with Gasteiger partial charge in [-0.1, -0.05) is 13.0 Å². The van der Waals surface area contributed by atoms with Gasteiger partial charge in [-0.25, -0.2) is 4.79 Å². The Morgan fingerprint density at radius 2 is 2.05 bits per heavy atom. The van der Waals surface area contributed by atoms with Crippen LogP contribution in [0.4, 0.5) is 0 Å². The number of carbonyl (C=O) groups excluding carboxylic acids is 1. The van der Waals surface area contributed by atoms with Crippen LogP contribution in [0.2, 0.25) is 0 Å². The maximum Gasteiger partial charge on any atom is 0.330 e. The Morgan fingerprint density at radius 1 is 1.26 bits per heavy atom. The van der Waals surface area contributed by atoms with Gasteiger partial charge in [-0.2, -0.15) is 0 Å². The van der Waals surface area contributed by atoms with E-state index >= 15 is 0 Å². The molecule has 0 fully saturated rings. The SMILES string of the molecule is CCCOc1ccc(C=CC(=O)OCC)cc1OC. The van der Waals surface area contributed by atoms with E-state index in [-0.39, 0.29) is 5.97 Å². The summed E-state index contributed by atoms with van der Waals surface area (Å²) in [4.78, 5) is 11.2. The molecule has 0 N–H and O–H groups in total. The fourth-order valence-electron chi connectivity index (χ4n) is 1.47. The van der Waals surface area contributed by atoms with Crippen molar-refractivity contribution >= 4 is 12.0 Å². The van der Waals surface area contributed by atoms with Crippen LogP contribution in [0.25, 0.3) is 6.08 Å². The lowest BCUT2D eigenvalue weighted by atomic mass is 10.2. The normalized spacial score (nSPS) is 10.5. The highest BCUT2D eigenvalue weighted by Crippen LogP contribution is 2.28. The van der Waals surface area contributed by atoms with Crippen LogP contribution >= 0.6 is 0 Å². The van der Waals surface area contributed by atoms with E-state index in [0.29, 0.717) is 24.7 Å². The molecule has 0 aliphatic heterocycles. The van der Waals surface area contributed by atoms with Gasteiger partial charge in [-0.15, -0.1) is 0 Å². The standard InChI is InChI=1S/C15H20O4/c1-4-10-19-13-8-6-12(11-14(13)17-3)7-9-15(16)18-5-2/h6-9,11H,4-5,10H2,1-3H3. The summed E-state index contributed by atoms with van der Waals surface area (Å²) in [7, 11) is 1.59. The summed E-state index contributed by atoms with van der Waals surface area (Å²) < 4.78 is 15.6. The summed E-state index contributed by atoms with van der Waals surface area (Å²) in [6.45, 7) is 4.84. The largest absolute Gasteiger partial charge is 0.493 e. The van der Waals surface area contributed by atoms with Gasteiger partial charge in [-0.05, 0) is 37.1 Å². The van der Waals surface area contributed by atoms with Crippen molar-refractivity contribution in [2.24, 2.45) is 0 Å². The van der Waals surface area contributed by atoms with Crippen LogP contribution in [-0.4, -0.2) is 26.3 Å². The van der Waals surface area contributed by atoms with Gasteiger partial charge in [0.15, 0.2) is 11.5 Å². The van der Waals surface area contributed by atoms with Crippen LogP contribution in [0.3, 0.4) is 0 Å². The number of hydrogen-bond acceptors (Lipinski definition) is 4. The molecule has 0 heterocycles. The van der Waals surface area contributed by atoms with Crippen LogP contribution in [-0.2, 0) is 9.53 Å². The molecule has 0 unspecified atom stereocenters. The van der Waals surface area contributed by atoms with Crippen molar-refractivity contribution < 1.29 is 19.0 Å². The molecule has 0 aliphatic carbocycles. The van der Waals surface area contributed by atoms with Crippen LogP contribution in [0.1, 0.15) is 25.8 Å². The molecule has 19 heavy (non-hydrogen) atoms. The second kappa shape index (κ2) is 8.19. The van der Waals surface area contributed by atoms with Crippen LogP contribution < -0.4 is 9.47 Å². The minimum Gasteiger partial charge on any atom is -0.493 e. The molecule has 4 heteroatoms. The van der Waals surface area contributed by atoms with Gasteiger partial charge in [0.2, 0.25) is 0 Å². The predicted octanol–water partition coefficient (Wildman–Crippen LogP) is 3.06. The Hall–Kier alpha value is -1.97. The number of hydrogen-bond donors (Lipinski definition) is 0. The Kier molecular flexibility index (Phi) is 6.50. The number of methoxy groups -OCH3 is 1. The summed E-state index contributed by atoms with van der Waals surface area (Å²) in [5.41, 5.74) is 0.855. The second-order valence-corrected chi connectivity index (χ2v) is 3.84. The zero-order valence-electron chi connectivity index (χ0n) is 11.6. The Bertz CT molecular complexity index is 438. The molecule has 0 aromatic heterocycles. The van der Waals surface area contributed by atoms with Gasteiger partial charge >= 0.3 is 5.97 Å². The average Bonchev–Trinajstić information content (AvgIpc) is 2.43. The van der Waals surface area contributed by atoms with Crippen molar-refractivity contribution in [3.05, 3.63) is 29.8 Å². The molecule has 0 saturated heterocycles. The minimum atomic E-state index is -0.354. The van der Waals surface area contributed by atoms with Crippen molar-refractivity contribution in [2.45, 2.75) is 20.3 Å². The van der Waals surface area contributed by atoms with E-state index in [1.807, 2.05) is 25.1 Å². The first-order chi connectivity index (χ1) is 9.21. The summed E-state index contributed by atoms with van der Waals surface area (Å²) in [6, 6.07) is 5.52. The Labute approximate surface area is 114 Å². The van der Waals surface area contributed by atoms with Crippen molar-refractivity contribution in [3.63, 3.8) is 0 Å². The highest BCUT2D eigenvalue weighted by molar-refractivity contribution is 5.87. The van der Waals surface area contributed by atoms with E-state index in [4.69, 9.17) is 14.2 Å². The molecule has 0 bridgehead atoms. The molecule has 0 radical (unpaired) electrons. The van der Waals surface area contributed by atoms with Crippen LogP contribution in [0, 0.1) is 0 Å². The predicted molar refractivity (Wildman–Crippen MR) is 74.4 cm³/mol. The molecule has 0 amide bonds. The van der Waals surface area contributed by atoms with Crippen molar-refractivity contribution in [3.8, 4) is 11.5 Å². The Balaban J connectivity index is 2.78. The first kappa shape index (κ1) is 15.1. The number of ether oxygens (including phenoxy) is 3. The lowest BCUT2D eigenvalue weighted by molar-refractivity contribution is -0.137. The van der Waals surface area contributed by atoms with Crippen LogP contribution in [0.15, 0.2) is 24.3 Å². The maximum atomic E-state index is 11.2. The molecular formula is C15H20O4. The number of esters is 1. The van der Waals surface area contributed by atoms with E-state index in [2.05, 4.69) is 0 Å². The third-order valence-electron chi connectivity index (χ3n) is 2.35. The molecule has 1 aromatic rings. The Morgan fingerprint density at radius 3 is 2.68 bits per heavy atom. The molecule has 104 valence electrons. The molecule has 0 aliphatic rings. The summed E-state index contributed by atoms with van der Waals surface area (Å²) in [5.74, 6) is 1.00. The van der Waals surface area contributed by atoms with Crippen molar-refractivity contribution in [1.29, 1.82) is 0 Å². The first-order valence-corrected chi connectivity index (χ1v) is 6.37. The van der Waals surface area contributed by atoms with Crippen molar-refractivity contribution in [2.75, 3.05) is 20.3 Å². The van der Waals surface area contributed by atoms with Gasteiger partial charge in [0.25, 0.3) is 0 Å². The van der Waals surface area contributed by atoms with Crippen LogP contribution in [0.5, 0.6) is 11.5 Å². The fraction of sp³-hybridized carbons (Fsp3) is 0.400. The van der Waals surface area contributed by atoms with E-state index < -0.39 is 0 Å².